The Hall–Kier alpha value is -0.610. The molecule has 0 aliphatic carbocycles. The van der Waals surface area contributed by atoms with Gasteiger partial charge in [-0.2, -0.15) is 0 Å². The topological polar surface area (TPSA) is 41.6 Å². The number of carbonyl (C=O) groups is 1. The van der Waals surface area contributed by atoms with Gasteiger partial charge in [-0.25, -0.2) is 0 Å². The molecule has 0 aromatic carbocycles. The first-order valence-corrected chi connectivity index (χ1v) is 6.15. The summed E-state index contributed by atoms with van der Waals surface area (Å²) in [6, 6.07) is 0.213. The lowest BCUT2D eigenvalue weighted by Gasteiger charge is -2.34. The summed E-state index contributed by atoms with van der Waals surface area (Å²) in [5, 5.41) is 3.27. The van der Waals surface area contributed by atoms with Crippen molar-refractivity contribution in [1.29, 1.82) is 0 Å². The Morgan fingerprint density at radius 3 is 2.75 bits per heavy atom. The Bertz CT molecular complexity index is 225. The lowest BCUT2D eigenvalue weighted by atomic mass is 10.1. The van der Waals surface area contributed by atoms with Gasteiger partial charge in [0.15, 0.2) is 0 Å². The van der Waals surface area contributed by atoms with Crippen molar-refractivity contribution in [2.45, 2.75) is 45.8 Å². The molecule has 0 aromatic heterocycles. The Morgan fingerprint density at radius 2 is 2.25 bits per heavy atom. The zero-order chi connectivity index (χ0) is 12.1. The van der Waals surface area contributed by atoms with Crippen molar-refractivity contribution >= 4 is 5.91 Å². The molecule has 1 aliphatic rings. The van der Waals surface area contributed by atoms with E-state index in [1.165, 1.54) is 0 Å². The van der Waals surface area contributed by atoms with Crippen LogP contribution < -0.4 is 5.32 Å². The number of amides is 1. The van der Waals surface area contributed by atoms with E-state index in [9.17, 15) is 4.79 Å². The Labute approximate surface area is 98.3 Å². The zero-order valence-electron chi connectivity index (χ0n) is 10.8. The second-order valence-corrected chi connectivity index (χ2v) is 4.77. The van der Waals surface area contributed by atoms with E-state index in [1.807, 2.05) is 4.90 Å². The third-order valence-corrected chi connectivity index (χ3v) is 3.06. The predicted molar refractivity (Wildman–Crippen MR) is 64.0 cm³/mol. The fourth-order valence-electron chi connectivity index (χ4n) is 2.35. The first-order chi connectivity index (χ1) is 7.61. The molecule has 1 N–H and O–H groups in total. The van der Waals surface area contributed by atoms with Crippen molar-refractivity contribution in [2.75, 3.05) is 20.3 Å². The van der Waals surface area contributed by atoms with E-state index in [4.69, 9.17) is 4.74 Å². The van der Waals surface area contributed by atoms with Crippen molar-refractivity contribution in [3.05, 3.63) is 0 Å². The van der Waals surface area contributed by atoms with Gasteiger partial charge < -0.3 is 9.64 Å². The average molecular weight is 228 g/mol. The van der Waals surface area contributed by atoms with E-state index in [-0.39, 0.29) is 18.1 Å². The number of hydrogen-bond acceptors (Lipinski definition) is 3. The molecule has 1 fully saturated rings. The van der Waals surface area contributed by atoms with Crippen molar-refractivity contribution in [3.63, 3.8) is 0 Å². The SMILES string of the molecule is CCCC(COC)N1C(=O)CNC1C(C)C. The Morgan fingerprint density at radius 1 is 1.56 bits per heavy atom. The molecule has 4 heteroatoms. The quantitative estimate of drug-likeness (QED) is 0.743. The molecule has 1 rings (SSSR count). The van der Waals surface area contributed by atoms with Gasteiger partial charge in [0, 0.05) is 7.11 Å². The molecule has 4 nitrogen and oxygen atoms in total. The average Bonchev–Trinajstić information content (AvgIpc) is 2.60. The first kappa shape index (κ1) is 13.5. The van der Waals surface area contributed by atoms with Crippen molar-refractivity contribution in [2.24, 2.45) is 5.92 Å². The molecule has 2 atom stereocenters. The van der Waals surface area contributed by atoms with E-state index in [0.29, 0.717) is 19.1 Å². The normalized spacial score (nSPS) is 23.2. The van der Waals surface area contributed by atoms with Gasteiger partial charge in [0.1, 0.15) is 0 Å². The minimum Gasteiger partial charge on any atom is -0.383 e. The number of carbonyl (C=O) groups excluding carboxylic acids is 1. The molecular weight excluding hydrogens is 204 g/mol. The Balaban J connectivity index is 2.73. The highest BCUT2D eigenvalue weighted by Crippen LogP contribution is 2.19. The van der Waals surface area contributed by atoms with Gasteiger partial charge in [0.2, 0.25) is 5.91 Å². The van der Waals surface area contributed by atoms with Crippen molar-refractivity contribution < 1.29 is 9.53 Å². The molecule has 2 unspecified atom stereocenters. The molecule has 1 heterocycles. The van der Waals surface area contributed by atoms with Crippen LogP contribution in [0.3, 0.4) is 0 Å². The highest BCUT2D eigenvalue weighted by atomic mass is 16.5. The molecule has 94 valence electrons. The highest BCUT2D eigenvalue weighted by Gasteiger charge is 2.36. The zero-order valence-corrected chi connectivity index (χ0v) is 10.8. The van der Waals surface area contributed by atoms with Gasteiger partial charge in [0.25, 0.3) is 0 Å². The van der Waals surface area contributed by atoms with Gasteiger partial charge in [-0.1, -0.05) is 27.2 Å². The summed E-state index contributed by atoms with van der Waals surface area (Å²) in [4.78, 5) is 13.9. The van der Waals surface area contributed by atoms with Crippen LogP contribution in [-0.2, 0) is 9.53 Å². The third kappa shape index (κ3) is 2.95. The summed E-state index contributed by atoms with van der Waals surface area (Å²) in [5.74, 6) is 0.636. The van der Waals surface area contributed by atoms with Crippen molar-refractivity contribution in [1.82, 2.24) is 10.2 Å². The van der Waals surface area contributed by atoms with Crippen LogP contribution in [0.2, 0.25) is 0 Å². The summed E-state index contributed by atoms with van der Waals surface area (Å²) in [5.41, 5.74) is 0. The molecule has 1 aliphatic heterocycles. The van der Waals surface area contributed by atoms with E-state index >= 15 is 0 Å². The monoisotopic (exact) mass is 228 g/mol. The van der Waals surface area contributed by atoms with Gasteiger partial charge in [-0.15, -0.1) is 0 Å². The molecule has 1 saturated heterocycles. The summed E-state index contributed by atoms with van der Waals surface area (Å²) < 4.78 is 5.22. The number of rotatable bonds is 6. The second kappa shape index (κ2) is 6.21. The number of nitrogens with one attached hydrogen (secondary N) is 1. The molecule has 0 radical (unpaired) electrons. The number of nitrogens with zero attached hydrogens (tertiary/aromatic N) is 1. The third-order valence-electron chi connectivity index (χ3n) is 3.06. The molecular formula is C12H24N2O2. The number of ether oxygens (including phenoxy) is 1. The molecule has 0 aromatic rings. The van der Waals surface area contributed by atoms with E-state index in [1.54, 1.807) is 7.11 Å². The summed E-state index contributed by atoms with van der Waals surface area (Å²) in [6.07, 6.45) is 2.24. The van der Waals surface area contributed by atoms with Gasteiger partial charge in [-0.05, 0) is 12.3 Å². The predicted octanol–water partition coefficient (Wildman–Crippen LogP) is 1.22. The molecule has 0 spiro atoms. The van der Waals surface area contributed by atoms with Crippen LogP contribution in [0.1, 0.15) is 33.6 Å². The lowest BCUT2D eigenvalue weighted by molar-refractivity contribution is -0.132. The maximum absolute atomic E-state index is 11.9. The summed E-state index contributed by atoms with van der Waals surface area (Å²) in [7, 11) is 1.70. The fourth-order valence-corrected chi connectivity index (χ4v) is 2.35. The van der Waals surface area contributed by atoms with Gasteiger partial charge in [-0.3, -0.25) is 10.1 Å². The van der Waals surface area contributed by atoms with Crippen LogP contribution in [0.25, 0.3) is 0 Å². The minimum absolute atomic E-state index is 0.166. The van der Waals surface area contributed by atoms with Crippen LogP contribution in [0.5, 0.6) is 0 Å². The first-order valence-electron chi connectivity index (χ1n) is 6.15. The number of methoxy groups -OCH3 is 1. The van der Waals surface area contributed by atoms with Crippen molar-refractivity contribution in [3.8, 4) is 0 Å². The van der Waals surface area contributed by atoms with Crippen LogP contribution in [0, 0.1) is 5.92 Å². The van der Waals surface area contributed by atoms with Crippen LogP contribution in [0.4, 0.5) is 0 Å². The van der Waals surface area contributed by atoms with Crippen LogP contribution in [-0.4, -0.2) is 43.3 Å². The fraction of sp³-hybridized carbons (Fsp3) is 0.917. The second-order valence-electron chi connectivity index (χ2n) is 4.77. The maximum Gasteiger partial charge on any atom is 0.238 e. The maximum atomic E-state index is 11.9. The smallest absolute Gasteiger partial charge is 0.238 e. The highest BCUT2D eigenvalue weighted by molar-refractivity contribution is 5.81. The molecule has 0 bridgehead atoms. The molecule has 16 heavy (non-hydrogen) atoms. The van der Waals surface area contributed by atoms with Gasteiger partial charge in [0.05, 0.1) is 25.4 Å². The Kier molecular flexibility index (Phi) is 5.22. The largest absolute Gasteiger partial charge is 0.383 e. The summed E-state index contributed by atoms with van der Waals surface area (Å²) >= 11 is 0. The van der Waals surface area contributed by atoms with E-state index in [0.717, 1.165) is 12.8 Å². The number of hydrogen-bond donors (Lipinski definition) is 1. The minimum atomic E-state index is 0.166. The summed E-state index contributed by atoms with van der Waals surface area (Å²) in [6.45, 7) is 7.51. The standard InChI is InChI=1S/C12H24N2O2/c1-5-6-10(8-16-4)14-11(15)7-13-12(14)9(2)3/h9-10,12-13H,5-8H2,1-4H3. The van der Waals surface area contributed by atoms with Crippen LogP contribution in [0.15, 0.2) is 0 Å². The lowest BCUT2D eigenvalue weighted by Crippen LogP contribution is -2.49. The van der Waals surface area contributed by atoms with E-state index in [2.05, 4.69) is 26.1 Å². The van der Waals surface area contributed by atoms with E-state index < -0.39 is 0 Å². The van der Waals surface area contributed by atoms with Gasteiger partial charge >= 0.3 is 0 Å². The molecule has 1 amide bonds. The molecule has 0 saturated carbocycles. The van der Waals surface area contributed by atoms with Crippen LogP contribution >= 0.6 is 0 Å².